The van der Waals surface area contributed by atoms with E-state index in [9.17, 15) is 14.4 Å². The van der Waals surface area contributed by atoms with Gasteiger partial charge in [0, 0.05) is 23.5 Å². The number of amides is 3. The number of nitrogens with two attached hydrogens (primary N) is 1. The molecule has 8 nitrogen and oxygen atoms in total. The number of carbonyl (C=O) groups excluding carboxylic acids is 3. The lowest BCUT2D eigenvalue weighted by Crippen LogP contribution is -2.50. The molecular weight excluding hydrogens is 300 g/mol. The van der Waals surface area contributed by atoms with Crippen molar-refractivity contribution in [1.82, 2.24) is 15.6 Å². The van der Waals surface area contributed by atoms with E-state index in [1.165, 1.54) is 7.11 Å². The molecule has 0 spiro atoms. The molecule has 1 atom stereocenters. The van der Waals surface area contributed by atoms with E-state index in [0.29, 0.717) is 0 Å². The lowest BCUT2D eigenvalue weighted by atomic mass is 10.0. The predicted octanol–water partition coefficient (Wildman–Crippen LogP) is 0.0365. The first-order valence-corrected chi connectivity index (χ1v) is 6.96. The van der Waals surface area contributed by atoms with E-state index in [-0.39, 0.29) is 13.0 Å². The van der Waals surface area contributed by atoms with Gasteiger partial charge in [-0.2, -0.15) is 0 Å². The Morgan fingerprint density at radius 3 is 2.74 bits per heavy atom. The second kappa shape index (κ2) is 7.30. The summed E-state index contributed by atoms with van der Waals surface area (Å²) >= 11 is 0. The van der Waals surface area contributed by atoms with Crippen LogP contribution in [-0.4, -0.2) is 42.6 Å². The van der Waals surface area contributed by atoms with E-state index < -0.39 is 23.9 Å². The normalized spacial score (nSPS) is 11.7. The Bertz CT molecular complexity index is 725. The monoisotopic (exact) mass is 318 g/mol. The van der Waals surface area contributed by atoms with Crippen LogP contribution in [0.15, 0.2) is 30.5 Å². The van der Waals surface area contributed by atoms with Gasteiger partial charge in [0.1, 0.15) is 12.6 Å². The molecule has 0 aliphatic heterocycles. The molecule has 23 heavy (non-hydrogen) atoms. The SMILES string of the molecule is COC(=O)CNC(=O)C(Cc1c[nH]c2ccccc12)NC(N)=O. The molecule has 0 fully saturated rings. The number of ether oxygens (including phenoxy) is 1. The third-order valence-electron chi connectivity index (χ3n) is 3.37. The molecule has 1 aromatic heterocycles. The van der Waals surface area contributed by atoms with E-state index >= 15 is 0 Å². The minimum absolute atomic E-state index is 0.236. The van der Waals surface area contributed by atoms with Gasteiger partial charge >= 0.3 is 12.0 Å². The van der Waals surface area contributed by atoms with Gasteiger partial charge in [-0.1, -0.05) is 18.2 Å². The number of fused-ring (bicyclic) bond motifs is 1. The Hall–Kier alpha value is -3.03. The second-order valence-electron chi connectivity index (χ2n) is 4.92. The van der Waals surface area contributed by atoms with Crippen LogP contribution in [0, 0.1) is 0 Å². The molecule has 0 saturated carbocycles. The summed E-state index contributed by atoms with van der Waals surface area (Å²) < 4.78 is 4.45. The minimum atomic E-state index is -0.892. The molecule has 0 bridgehead atoms. The van der Waals surface area contributed by atoms with E-state index in [4.69, 9.17) is 5.73 Å². The number of esters is 1. The number of nitrogens with one attached hydrogen (secondary N) is 3. The number of para-hydroxylation sites is 1. The molecule has 2 aromatic rings. The van der Waals surface area contributed by atoms with Crippen molar-refractivity contribution in [1.29, 1.82) is 0 Å². The number of carbonyl (C=O) groups is 3. The minimum Gasteiger partial charge on any atom is -0.468 e. The number of aromatic amines is 1. The number of primary amides is 1. The van der Waals surface area contributed by atoms with Gasteiger partial charge in [-0.25, -0.2) is 4.79 Å². The van der Waals surface area contributed by atoms with Crippen molar-refractivity contribution in [3.05, 3.63) is 36.0 Å². The molecule has 0 radical (unpaired) electrons. The Morgan fingerprint density at radius 2 is 2.04 bits per heavy atom. The smallest absolute Gasteiger partial charge is 0.325 e. The molecule has 3 amide bonds. The van der Waals surface area contributed by atoms with Gasteiger partial charge in [-0.05, 0) is 11.6 Å². The summed E-state index contributed by atoms with van der Waals surface area (Å²) in [5.41, 5.74) is 6.91. The van der Waals surface area contributed by atoms with Crippen LogP contribution in [0.25, 0.3) is 10.9 Å². The summed E-state index contributed by atoms with van der Waals surface area (Å²) in [4.78, 5) is 37.5. The van der Waals surface area contributed by atoms with Gasteiger partial charge in [0.2, 0.25) is 5.91 Å². The molecular formula is C15H18N4O4. The Kier molecular flexibility index (Phi) is 5.19. The molecule has 0 aliphatic rings. The third kappa shape index (κ3) is 4.22. The molecule has 1 unspecified atom stereocenters. The highest BCUT2D eigenvalue weighted by molar-refractivity contribution is 5.90. The highest BCUT2D eigenvalue weighted by Gasteiger charge is 2.22. The zero-order chi connectivity index (χ0) is 16.8. The predicted molar refractivity (Wildman–Crippen MR) is 83.5 cm³/mol. The fraction of sp³-hybridized carbons (Fsp3) is 0.267. The fourth-order valence-electron chi connectivity index (χ4n) is 2.26. The van der Waals surface area contributed by atoms with Crippen molar-refractivity contribution < 1.29 is 19.1 Å². The zero-order valence-electron chi connectivity index (χ0n) is 12.6. The molecule has 122 valence electrons. The zero-order valence-corrected chi connectivity index (χ0v) is 12.6. The molecule has 8 heteroatoms. The summed E-state index contributed by atoms with van der Waals surface area (Å²) in [6, 6.07) is 5.89. The maximum Gasteiger partial charge on any atom is 0.325 e. The summed E-state index contributed by atoms with van der Waals surface area (Å²) in [6.45, 7) is -0.278. The van der Waals surface area contributed by atoms with Crippen LogP contribution in [0.1, 0.15) is 5.56 Å². The van der Waals surface area contributed by atoms with Gasteiger partial charge in [-0.3, -0.25) is 9.59 Å². The van der Waals surface area contributed by atoms with Crippen LogP contribution in [0.5, 0.6) is 0 Å². The Morgan fingerprint density at radius 1 is 1.30 bits per heavy atom. The average molecular weight is 318 g/mol. The number of aromatic nitrogens is 1. The van der Waals surface area contributed by atoms with Crippen molar-refractivity contribution in [2.75, 3.05) is 13.7 Å². The molecule has 0 aliphatic carbocycles. The number of methoxy groups -OCH3 is 1. The van der Waals surface area contributed by atoms with Gasteiger partial charge in [0.25, 0.3) is 0 Å². The van der Waals surface area contributed by atoms with Crippen LogP contribution in [0.3, 0.4) is 0 Å². The molecule has 1 aromatic carbocycles. The van der Waals surface area contributed by atoms with Crippen LogP contribution < -0.4 is 16.4 Å². The number of urea groups is 1. The number of benzene rings is 1. The first-order valence-electron chi connectivity index (χ1n) is 6.96. The highest BCUT2D eigenvalue weighted by Crippen LogP contribution is 2.19. The lowest BCUT2D eigenvalue weighted by molar-refractivity contribution is -0.141. The first-order chi connectivity index (χ1) is 11.0. The number of H-pyrrole nitrogens is 1. The van der Waals surface area contributed by atoms with Gasteiger partial charge in [-0.15, -0.1) is 0 Å². The van der Waals surface area contributed by atoms with Crippen molar-refractivity contribution in [2.24, 2.45) is 5.73 Å². The first kappa shape index (κ1) is 16.3. The van der Waals surface area contributed by atoms with Crippen LogP contribution in [-0.2, 0) is 20.7 Å². The van der Waals surface area contributed by atoms with Crippen molar-refractivity contribution >= 4 is 28.8 Å². The van der Waals surface area contributed by atoms with E-state index in [1.54, 1.807) is 6.20 Å². The van der Waals surface area contributed by atoms with Crippen molar-refractivity contribution in [3.63, 3.8) is 0 Å². The van der Waals surface area contributed by atoms with E-state index in [0.717, 1.165) is 16.5 Å². The molecule has 2 rings (SSSR count). The van der Waals surface area contributed by atoms with Crippen LogP contribution >= 0.6 is 0 Å². The maximum absolute atomic E-state index is 12.2. The molecule has 1 heterocycles. The van der Waals surface area contributed by atoms with Crippen LogP contribution in [0.4, 0.5) is 4.79 Å². The Labute approximate surface area is 132 Å². The highest BCUT2D eigenvalue weighted by atomic mass is 16.5. The summed E-state index contributed by atoms with van der Waals surface area (Å²) in [5.74, 6) is -1.09. The molecule has 5 N–H and O–H groups in total. The van der Waals surface area contributed by atoms with Crippen molar-refractivity contribution in [2.45, 2.75) is 12.5 Å². The number of rotatable bonds is 6. The van der Waals surface area contributed by atoms with Gasteiger partial charge < -0.3 is 26.1 Å². The van der Waals surface area contributed by atoms with Crippen molar-refractivity contribution in [3.8, 4) is 0 Å². The maximum atomic E-state index is 12.2. The van der Waals surface area contributed by atoms with Gasteiger partial charge in [0.15, 0.2) is 0 Å². The Balaban J connectivity index is 2.13. The number of hydrogen-bond acceptors (Lipinski definition) is 4. The fourth-order valence-corrected chi connectivity index (χ4v) is 2.26. The molecule has 0 saturated heterocycles. The summed E-state index contributed by atoms with van der Waals surface area (Å²) in [5, 5.41) is 5.74. The average Bonchev–Trinajstić information content (AvgIpc) is 2.94. The topological polar surface area (TPSA) is 126 Å². The van der Waals surface area contributed by atoms with Gasteiger partial charge in [0.05, 0.1) is 7.11 Å². The van der Waals surface area contributed by atoms with E-state index in [2.05, 4.69) is 20.4 Å². The van der Waals surface area contributed by atoms with E-state index in [1.807, 2.05) is 24.3 Å². The summed E-state index contributed by atoms with van der Waals surface area (Å²) in [7, 11) is 1.22. The number of hydrogen-bond donors (Lipinski definition) is 4. The third-order valence-corrected chi connectivity index (χ3v) is 3.37. The summed E-state index contributed by atoms with van der Waals surface area (Å²) in [6.07, 6.45) is 2.01. The quantitative estimate of drug-likeness (QED) is 0.561. The lowest BCUT2D eigenvalue weighted by Gasteiger charge is -2.16. The largest absolute Gasteiger partial charge is 0.468 e. The van der Waals surface area contributed by atoms with Crippen LogP contribution in [0.2, 0.25) is 0 Å². The standard InChI is InChI=1S/C15H18N4O4/c1-23-13(20)8-18-14(21)12(19-15(16)22)6-9-7-17-11-5-3-2-4-10(9)11/h2-5,7,12,17H,6,8H2,1H3,(H,18,21)(H3,16,19,22). The second-order valence-corrected chi connectivity index (χ2v) is 4.92.